The van der Waals surface area contributed by atoms with Crippen molar-refractivity contribution < 1.29 is 14.3 Å². The van der Waals surface area contributed by atoms with Crippen LogP contribution in [0.1, 0.15) is 87.6 Å². The van der Waals surface area contributed by atoms with Crippen molar-refractivity contribution in [2.75, 3.05) is 6.61 Å². The zero-order chi connectivity index (χ0) is 24.7. The molecule has 0 aliphatic rings. The third-order valence-corrected chi connectivity index (χ3v) is 6.12. The lowest BCUT2D eigenvalue weighted by atomic mass is 10.1. The van der Waals surface area contributed by atoms with Crippen molar-refractivity contribution in [3.05, 3.63) is 78.0 Å². The van der Waals surface area contributed by atoms with Gasteiger partial charge in [-0.25, -0.2) is 4.79 Å². The van der Waals surface area contributed by atoms with Gasteiger partial charge >= 0.3 is 5.97 Å². The van der Waals surface area contributed by atoms with Crippen LogP contribution >= 0.6 is 0 Å². The fraction of sp³-hybridized carbons (Fsp3) is 0.419. The van der Waals surface area contributed by atoms with E-state index in [4.69, 9.17) is 9.47 Å². The first-order valence-corrected chi connectivity index (χ1v) is 13.2. The number of hydrogen-bond acceptors (Lipinski definition) is 4. The smallest absolute Gasteiger partial charge is 0.343 e. The summed E-state index contributed by atoms with van der Waals surface area (Å²) in [5.41, 5.74) is 3.62. The number of ether oxygens (including phenoxy) is 2. The van der Waals surface area contributed by atoms with Gasteiger partial charge in [-0.1, -0.05) is 70.9 Å². The minimum absolute atomic E-state index is 0.347. The summed E-state index contributed by atoms with van der Waals surface area (Å²) in [4.78, 5) is 17.0. The number of esters is 1. The van der Waals surface area contributed by atoms with E-state index in [0.717, 1.165) is 49.3 Å². The Morgan fingerprint density at radius 1 is 0.714 bits per heavy atom. The Balaban J connectivity index is 1.44. The minimum Gasteiger partial charge on any atom is -0.492 e. The summed E-state index contributed by atoms with van der Waals surface area (Å²) >= 11 is 0. The van der Waals surface area contributed by atoms with Crippen molar-refractivity contribution in [3.63, 3.8) is 0 Å². The second kappa shape index (κ2) is 15.0. The largest absolute Gasteiger partial charge is 0.492 e. The first-order chi connectivity index (χ1) is 17.2. The molecule has 0 N–H and O–H groups in total. The summed E-state index contributed by atoms with van der Waals surface area (Å²) in [6.07, 6.45) is 14.0. The monoisotopic (exact) mass is 473 g/mol. The Bertz CT molecular complexity index is 995. The fourth-order valence-electron chi connectivity index (χ4n) is 3.93. The summed E-state index contributed by atoms with van der Waals surface area (Å²) in [5, 5.41) is 0. The number of pyridine rings is 1. The van der Waals surface area contributed by atoms with E-state index in [0.29, 0.717) is 11.3 Å². The van der Waals surface area contributed by atoms with Gasteiger partial charge in [-0.15, -0.1) is 0 Å². The van der Waals surface area contributed by atoms with Crippen molar-refractivity contribution in [2.24, 2.45) is 0 Å². The molecule has 0 atom stereocenters. The number of hydrogen-bond donors (Lipinski definition) is 0. The third kappa shape index (κ3) is 9.20. The van der Waals surface area contributed by atoms with Crippen LogP contribution < -0.4 is 9.47 Å². The lowest BCUT2D eigenvalue weighted by Crippen LogP contribution is -2.08. The first-order valence-electron chi connectivity index (χ1n) is 13.2. The summed E-state index contributed by atoms with van der Waals surface area (Å²) in [6.45, 7) is 5.15. The standard InChI is InChI=1S/C31H39NO3/c1-3-5-7-8-9-10-11-23-34-29-21-22-30(32-24-29)26-17-19-28(20-18-26)35-31(33)27-15-13-25(14-16-27)12-6-4-2/h13-22,24H,3-12,23H2,1-2H3. The average Bonchev–Trinajstić information content (AvgIpc) is 2.90. The number of aryl methyl sites for hydroxylation is 1. The van der Waals surface area contributed by atoms with E-state index < -0.39 is 0 Å². The maximum Gasteiger partial charge on any atom is 0.343 e. The molecule has 2 aromatic carbocycles. The molecular formula is C31H39NO3. The van der Waals surface area contributed by atoms with Crippen LogP contribution in [0.5, 0.6) is 11.5 Å². The molecule has 35 heavy (non-hydrogen) atoms. The Kier molecular flexibility index (Phi) is 11.3. The van der Waals surface area contributed by atoms with Crippen LogP contribution in [0, 0.1) is 0 Å². The van der Waals surface area contributed by atoms with Crippen LogP contribution in [0.4, 0.5) is 0 Å². The highest BCUT2D eigenvalue weighted by atomic mass is 16.5. The SMILES string of the molecule is CCCCCCCCCOc1ccc(-c2ccc(OC(=O)c3ccc(CCCC)cc3)cc2)nc1. The maximum absolute atomic E-state index is 12.5. The van der Waals surface area contributed by atoms with Crippen LogP contribution in [0.15, 0.2) is 66.9 Å². The topological polar surface area (TPSA) is 48.4 Å². The van der Waals surface area contributed by atoms with Crippen molar-refractivity contribution in [2.45, 2.75) is 78.1 Å². The lowest BCUT2D eigenvalue weighted by Gasteiger charge is -2.08. The Morgan fingerprint density at radius 2 is 1.37 bits per heavy atom. The summed E-state index contributed by atoms with van der Waals surface area (Å²) in [7, 11) is 0. The van der Waals surface area contributed by atoms with Gasteiger partial charge in [-0.05, 0) is 73.4 Å². The highest BCUT2D eigenvalue weighted by molar-refractivity contribution is 5.91. The molecule has 0 saturated carbocycles. The number of benzene rings is 2. The second-order valence-electron chi connectivity index (χ2n) is 9.06. The second-order valence-corrected chi connectivity index (χ2v) is 9.06. The van der Waals surface area contributed by atoms with Crippen LogP contribution in [0.25, 0.3) is 11.3 Å². The van der Waals surface area contributed by atoms with Crippen LogP contribution in [0.2, 0.25) is 0 Å². The number of nitrogens with zero attached hydrogens (tertiary/aromatic N) is 1. The van der Waals surface area contributed by atoms with Gasteiger partial charge in [0, 0.05) is 5.56 Å². The third-order valence-electron chi connectivity index (χ3n) is 6.12. The number of unbranched alkanes of at least 4 members (excludes halogenated alkanes) is 7. The molecular weight excluding hydrogens is 434 g/mol. The highest BCUT2D eigenvalue weighted by Crippen LogP contribution is 2.23. The zero-order valence-electron chi connectivity index (χ0n) is 21.3. The normalized spacial score (nSPS) is 10.8. The van der Waals surface area contributed by atoms with E-state index in [1.165, 1.54) is 44.1 Å². The molecule has 4 nitrogen and oxygen atoms in total. The molecule has 0 saturated heterocycles. The molecule has 0 spiro atoms. The fourth-order valence-corrected chi connectivity index (χ4v) is 3.93. The van der Waals surface area contributed by atoms with Gasteiger partial charge in [0.05, 0.1) is 24.1 Å². The molecule has 0 fully saturated rings. The molecule has 0 aliphatic carbocycles. The molecule has 0 amide bonds. The van der Waals surface area contributed by atoms with E-state index in [-0.39, 0.29) is 5.97 Å². The van der Waals surface area contributed by atoms with Crippen molar-refractivity contribution in [3.8, 4) is 22.8 Å². The molecule has 3 aromatic rings. The highest BCUT2D eigenvalue weighted by Gasteiger charge is 2.09. The molecule has 4 heteroatoms. The lowest BCUT2D eigenvalue weighted by molar-refractivity contribution is 0.0734. The molecule has 1 heterocycles. The van der Waals surface area contributed by atoms with E-state index in [9.17, 15) is 4.79 Å². The van der Waals surface area contributed by atoms with Gasteiger partial charge in [0.2, 0.25) is 0 Å². The molecule has 0 radical (unpaired) electrons. The molecule has 0 unspecified atom stereocenters. The quantitative estimate of drug-likeness (QED) is 0.126. The molecule has 3 rings (SSSR count). The number of rotatable bonds is 15. The van der Waals surface area contributed by atoms with Crippen molar-refractivity contribution in [1.82, 2.24) is 4.98 Å². The number of aromatic nitrogens is 1. The Hall–Kier alpha value is -3.14. The van der Waals surface area contributed by atoms with Crippen molar-refractivity contribution >= 4 is 5.97 Å². The first kappa shape index (κ1) is 26.5. The zero-order valence-corrected chi connectivity index (χ0v) is 21.3. The van der Waals surface area contributed by atoms with Crippen molar-refractivity contribution in [1.29, 1.82) is 0 Å². The van der Waals surface area contributed by atoms with Crippen LogP contribution in [-0.2, 0) is 6.42 Å². The maximum atomic E-state index is 12.5. The molecule has 0 bridgehead atoms. The Labute approximate surface area is 210 Å². The number of carbonyl (C=O) groups excluding carboxylic acids is 1. The van der Waals surface area contributed by atoms with Gasteiger partial charge in [0.15, 0.2) is 0 Å². The number of carbonyl (C=O) groups is 1. The molecule has 1 aromatic heterocycles. The van der Waals surface area contributed by atoms with E-state index in [1.807, 2.05) is 48.5 Å². The van der Waals surface area contributed by atoms with E-state index in [2.05, 4.69) is 18.8 Å². The van der Waals surface area contributed by atoms with Crippen LogP contribution in [-0.4, -0.2) is 17.6 Å². The van der Waals surface area contributed by atoms with Gasteiger partial charge in [-0.2, -0.15) is 0 Å². The van der Waals surface area contributed by atoms with Gasteiger partial charge < -0.3 is 9.47 Å². The van der Waals surface area contributed by atoms with Gasteiger partial charge in [0.25, 0.3) is 0 Å². The summed E-state index contributed by atoms with van der Waals surface area (Å²) in [6, 6.07) is 19.0. The van der Waals surface area contributed by atoms with E-state index >= 15 is 0 Å². The molecule has 0 aliphatic heterocycles. The summed E-state index contributed by atoms with van der Waals surface area (Å²) < 4.78 is 11.4. The Morgan fingerprint density at radius 3 is 2.03 bits per heavy atom. The minimum atomic E-state index is -0.347. The molecule has 186 valence electrons. The average molecular weight is 474 g/mol. The van der Waals surface area contributed by atoms with Gasteiger partial charge in [-0.3, -0.25) is 4.98 Å². The predicted octanol–water partition coefficient (Wildman–Crippen LogP) is 8.44. The van der Waals surface area contributed by atoms with Gasteiger partial charge in [0.1, 0.15) is 11.5 Å². The van der Waals surface area contributed by atoms with Crippen LogP contribution in [0.3, 0.4) is 0 Å². The summed E-state index contributed by atoms with van der Waals surface area (Å²) in [5.74, 6) is 0.967. The van der Waals surface area contributed by atoms with E-state index in [1.54, 1.807) is 18.3 Å². The predicted molar refractivity (Wildman–Crippen MR) is 143 cm³/mol.